The number of carbonyl (C=O) groups excluding carboxylic acids is 4. The summed E-state index contributed by atoms with van der Waals surface area (Å²) in [7, 11) is 1.55. The molecule has 0 spiro atoms. The van der Waals surface area contributed by atoms with Gasteiger partial charge in [-0.2, -0.15) is 0 Å². The zero-order valence-electron chi connectivity index (χ0n) is 18.5. The van der Waals surface area contributed by atoms with E-state index >= 15 is 0 Å². The van der Waals surface area contributed by atoms with Gasteiger partial charge in [0, 0.05) is 31.4 Å². The van der Waals surface area contributed by atoms with Crippen LogP contribution in [-0.4, -0.2) is 48.8 Å². The molecule has 0 atom stereocenters. The normalized spacial score (nSPS) is 12.4. The van der Waals surface area contributed by atoms with Gasteiger partial charge in [-0.05, 0) is 48.9 Å². The minimum Gasteiger partial charge on any atom is -0.385 e. The first-order valence-electron chi connectivity index (χ1n) is 10.8. The van der Waals surface area contributed by atoms with Gasteiger partial charge in [0.1, 0.15) is 0 Å². The summed E-state index contributed by atoms with van der Waals surface area (Å²) in [6.07, 6.45) is 0.529. The van der Waals surface area contributed by atoms with Crippen molar-refractivity contribution in [2.75, 3.05) is 30.9 Å². The molecule has 0 bridgehead atoms. The van der Waals surface area contributed by atoms with Gasteiger partial charge in [-0.25, -0.2) is 0 Å². The van der Waals surface area contributed by atoms with Crippen molar-refractivity contribution in [2.24, 2.45) is 0 Å². The third-order valence-corrected chi connectivity index (χ3v) is 5.42. The Kier molecular flexibility index (Phi) is 6.79. The van der Waals surface area contributed by atoms with E-state index in [1.807, 2.05) is 6.07 Å². The quantitative estimate of drug-likeness (QED) is 0.395. The van der Waals surface area contributed by atoms with Crippen LogP contribution in [0.3, 0.4) is 0 Å². The van der Waals surface area contributed by atoms with Gasteiger partial charge in [0.25, 0.3) is 23.6 Å². The first-order valence-corrected chi connectivity index (χ1v) is 10.8. The first kappa shape index (κ1) is 22.9. The Balaban J connectivity index is 1.50. The van der Waals surface area contributed by atoms with Gasteiger partial charge in [0.05, 0.1) is 22.5 Å². The molecule has 0 fully saturated rings. The lowest BCUT2D eigenvalue weighted by Gasteiger charge is -2.13. The number of para-hydroxylation sites is 2. The Morgan fingerprint density at radius 3 is 2.00 bits per heavy atom. The average molecular weight is 457 g/mol. The lowest BCUT2D eigenvalue weighted by atomic mass is 10.1. The summed E-state index contributed by atoms with van der Waals surface area (Å²) in [4.78, 5) is 51.9. The summed E-state index contributed by atoms with van der Waals surface area (Å²) >= 11 is 0. The maximum Gasteiger partial charge on any atom is 0.261 e. The standard InChI is InChI=1S/C26H23N3O5/c1-34-15-7-14-29-25(32)19-13-12-18(16-20(19)26(29)33)24(31)28-22-11-6-5-10-21(22)27-23(30)17-8-3-2-4-9-17/h2-6,8-13,16H,7,14-15H2,1H3,(H,27,30)(H,28,31). The molecule has 2 N–H and O–H groups in total. The van der Waals surface area contributed by atoms with E-state index in [-0.39, 0.29) is 35.0 Å². The molecule has 3 aromatic rings. The second kappa shape index (κ2) is 10.1. The number of hydrogen-bond acceptors (Lipinski definition) is 5. The molecule has 0 aromatic heterocycles. The number of fused-ring (bicyclic) bond motifs is 1. The summed E-state index contributed by atoms with van der Waals surface area (Å²) in [6.45, 7) is 0.678. The van der Waals surface area contributed by atoms with E-state index in [0.717, 1.165) is 0 Å². The fraction of sp³-hybridized carbons (Fsp3) is 0.154. The summed E-state index contributed by atoms with van der Waals surface area (Å²) in [5, 5.41) is 5.57. The van der Waals surface area contributed by atoms with Crippen LogP contribution in [0, 0.1) is 0 Å². The molecule has 0 saturated carbocycles. The number of amides is 4. The largest absolute Gasteiger partial charge is 0.385 e. The van der Waals surface area contributed by atoms with E-state index in [0.29, 0.717) is 30.0 Å². The molecule has 3 aromatic carbocycles. The van der Waals surface area contributed by atoms with Crippen LogP contribution < -0.4 is 10.6 Å². The molecule has 0 saturated heterocycles. The summed E-state index contributed by atoms with van der Waals surface area (Å²) in [5.74, 6) is -1.59. The zero-order chi connectivity index (χ0) is 24.1. The molecule has 1 heterocycles. The highest BCUT2D eigenvalue weighted by Crippen LogP contribution is 2.26. The number of methoxy groups -OCH3 is 1. The van der Waals surface area contributed by atoms with E-state index in [1.54, 1.807) is 55.6 Å². The molecule has 1 aliphatic rings. The molecule has 1 aliphatic heterocycles. The van der Waals surface area contributed by atoms with Crippen molar-refractivity contribution in [3.8, 4) is 0 Å². The highest BCUT2D eigenvalue weighted by atomic mass is 16.5. The van der Waals surface area contributed by atoms with Crippen molar-refractivity contribution in [3.05, 3.63) is 95.1 Å². The van der Waals surface area contributed by atoms with Gasteiger partial charge >= 0.3 is 0 Å². The molecule has 0 aliphatic carbocycles. The lowest BCUT2D eigenvalue weighted by Crippen LogP contribution is -2.31. The van der Waals surface area contributed by atoms with Gasteiger partial charge in [-0.15, -0.1) is 0 Å². The molecule has 4 rings (SSSR count). The molecule has 0 radical (unpaired) electrons. The van der Waals surface area contributed by atoms with Crippen LogP contribution in [0.25, 0.3) is 0 Å². The topological polar surface area (TPSA) is 105 Å². The van der Waals surface area contributed by atoms with Gasteiger partial charge in [0.2, 0.25) is 0 Å². The van der Waals surface area contributed by atoms with Crippen LogP contribution >= 0.6 is 0 Å². The number of imide groups is 1. The van der Waals surface area contributed by atoms with Crippen LogP contribution in [0.4, 0.5) is 11.4 Å². The Hall–Kier alpha value is -4.30. The number of nitrogens with zero attached hydrogens (tertiary/aromatic N) is 1. The minimum absolute atomic E-state index is 0.195. The molecule has 34 heavy (non-hydrogen) atoms. The predicted molar refractivity (Wildman–Crippen MR) is 127 cm³/mol. The van der Waals surface area contributed by atoms with E-state index in [9.17, 15) is 19.2 Å². The highest BCUT2D eigenvalue weighted by molar-refractivity contribution is 6.22. The Labute approximate surface area is 196 Å². The van der Waals surface area contributed by atoms with Crippen molar-refractivity contribution in [1.29, 1.82) is 0 Å². The van der Waals surface area contributed by atoms with Crippen molar-refractivity contribution < 1.29 is 23.9 Å². The Morgan fingerprint density at radius 1 is 0.765 bits per heavy atom. The van der Waals surface area contributed by atoms with Gasteiger partial charge in [-0.1, -0.05) is 30.3 Å². The zero-order valence-corrected chi connectivity index (χ0v) is 18.5. The minimum atomic E-state index is -0.470. The first-order chi connectivity index (χ1) is 16.5. The fourth-order valence-electron chi connectivity index (χ4n) is 3.68. The number of hydrogen-bond donors (Lipinski definition) is 2. The van der Waals surface area contributed by atoms with Gasteiger partial charge in [-0.3, -0.25) is 24.1 Å². The number of carbonyl (C=O) groups is 4. The second-order valence-corrected chi connectivity index (χ2v) is 7.69. The second-order valence-electron chi connectivity index (χ2n) is 7.69. The molecule has 8 nitrogen and oxygen atoms in total. The van der Waals surface area contributed by atoms with Gasteiger partial charge in [0.15, 0.2) is 0 Å². The Bertz CT molecular complexity index is 1260. The lowest BCUT2D eigenvalue weighted by molar-refractivity contribution is 0.0638. The number of benzene rings is 3. The predicted octanol–water partition coefficient (Wildman–Crippen LogP) is 3.82. The molecule has 0 unspecified atom stereocenters. The van der Waals surface area contributed by atoms with Crippen LogP contribution in [0.1, 0.15) is 47.9 Å². The SMILES string of the molecule is COCCCN1C(=O)c2ccc(C(=O)Nc3ccccc3NC(=O)c3ccccc3)cc2C1=O. The van der Waals surface area contributed by atoms with E-state index in [2.05, 4.69) is 10.6 Å². The van der Waals surface area contributed by atoms with Gasteiger partial charge < -0.3 is 15.4 Å². The van der Waals surface area contributed by atoms with Crippen LogP contribution in [0.2, 0.25) is 0 Å². The van der Waals surface area contributed by atoms with E-state index in [1.165, 1.54) is 23.1 Å². The number of anilines is 2. The average Bonchev–Trinajstić information content (AvgIpc) is 3.10. The van der Waals surface area contributed by atoms with Crippen molar-refractivity contribution in [3.63, 3.8) is 0 Å². The van der Waals surface area contributed by atoms with Crippen molar-refractivity contribution in [1.82, 2.24) is 4.90 Å². The third-order valence-electron chi connectivity index (χ3n) is 5.42. The number of nitrogens with one attached hydrogen (secondary N) is 2. The highest BCUT2D eigenvalue weighted by Gasteiger charge is 2.35. The van der Waals surface area contributed by atoms with Crippen molar-refractivity contribution >= 4 is 35.0 Å². The molecular formula is C26H23N3O5. The van der Waals surface area contributed by atoms with Crippen LogP contribution in [0.15, 0.2) is 72.8 Å². The number of ether oxygens (including phenoxy) is 1. The Morgan fingerprint density at radius 2 is 1.35 bits per heavy atom. The molecule has 8 heteroatoms. The van der Waals surface area contributed by atoms with E-state index < -0.39 is 11.8 Å². The van der Waals surface area contributed by atoms with Crippen LogP contribution in [-0.2, 0) is 4.74 Å². The monoisotopic (exact) mass is 457 g/mol. The summed E-state index contributed by atoms with van der Waals surface area (Å²) in [5.41, 5.74) is 2.01. The molecule has 172 valence electrons. The van der Waals surface area contributed by atoms with Crippen molar-refractivity contribution in [2.45, 2.75) is 6.42 Å². The van der Waals surface area contributed by atoms with Crippen LogP contribution in [0.5, 0.6) is 0 Å². The third kappa shape index (κ3) is 4.72. The maximum absolute atomic E-state index is 13.0. The van der Waals surface area contributed by atoms with E-state index in [4.69, 9.17) is 4.74 Å². The molecular weight excluding hydrogens is 434 g/mol. The number of rotatable bonds is 8. The smallest absolute Gasteiger partial charge is 0.261 e. The summed E-state index contributed by atoms with van der Waals surface area (Å²) < 4.78 is 4.99. The summed E-state index contributed by atoms with van der Waals surface area (Å²) in [6, 6.07) is 20.0. The molecule has 4 amide bonds. The maximum atomic E-state index is 13.0. The fourth-order valence-corrected chi connectivity index (χ4v) is 3.68.